The minimum absolute atomic E-state index is 0.100. The van der Waals surface area contributed by atoms with Crippen molar-refractivity contribution in [3.63, 3.8) is 0 Å². The monoisotopic (exact) mass is 247 g/mol. The fourth-order valence-electron chi connectivity index (χ4n) is 1.66. The van der Waals surface area contributed by atoms with Crippen LogP contribution in [0.2, 0.25) is 0 Å². The van der Waals surface area contributed by atoms with E-state index in [1.54, 1.807) is 24.5 Å². The molecule has 0 aliphatic heterocycles. The number of rotatable bonds is 4. The second-order valence-electron chi connectivity index (χ2n) is 4.12. The zero-order valence-corrected chi connectivity index (χ0v) is 9.98. The first-order valence-corrected chi connectivity index (χ1v) is 5.67. The molecule has 0 saturated carbocycles. The average Bonchev–Trinajstić information content (AvgIpc) is 2.85. The van der Waals surface area contributed by atoms with Gasteiger partial charge in [0.15, 0.2) is 0 Å². The predicted octanol–water partition coefficient (Wildman–Crippen LogP) is 1.97. The van der Waals surface area contributed by atoms with Crippen LogP contribution in [0.4, 0.5) is 4.39 Å². The standard InChI is InChI=1S/C13H14FN3O/c1-9(11-7-15-16-8-11)17-13(18)6-10-2-4-12(14)5-3-10/h2-5,7-9H,6H2,1H3,(H,15,16)(H,17,18). The molecule has 2 aromatic rings. The van der Waals surface area contributed by atoms with Crippen molar-refractivity contribution in [3.8, 4) is 0 Å². The van der Waals surface area contributed by atoms with Crippen molar-refractivity contribution in [2.24, 2.45) is 0 Å². The van der Waals surface area contributed by atoms with E-state index >= 15 is 0 Å². The molecule has 4 nitrogen and oxygen atoms in total. The highest BCUT2D eigenvalue weighted by Crippen LogP contribution is 2.10. The summed E-state index contributed by atoms with van der Waals surface area (Å²) in [6.45, 7) is 1.88. The Bertz CT molecular complexity index is 508. The van der Waals surface area contributed by atoms with Gasteiger partial charge in [0.1, 0.15) is 5.82 Å². The number of aromatic nitrogens is 2. The molecule has 1 amide bonds. The van der Waals surface area contributed by atoms with Crippen molar-refractivity contribution in [1.29, 1.82) is 0 Å². The van der Waals surface area contributed by atoms with Gasteiger partial charge in [-0.3, -0.25) is 9.89 Å². The summed E-state index contributed by atoms with van der Waals surface area (Å²) in [5.74, 6) is -0.402. The van der Waals surface area contributed by atoms with E-state index in [-0.39, 0.29) is 24.2 Å². The summed E-state index contributed by atoms with van der Waals surface area (Å²) in [4.78, 5) is 11.8. The lowest BCUT2D eigenvalue weighted by atomic mass is 10.1. The summed E-state index contributed by atoms with van der Waals surface area (Å²) in [5, 5.41) is 9.38. The fourth-order valence-corrected chi connectivity index (χ4v) is 1.66. The third-order valence-corrected chi connectivity index (χ3v) is 2.67. The number of hydrogen-bond donors (Lipinski definition) is 2. The molecule has 1 aromatic heterocycles. The van der Waals surface area contributed by atoms with E-state index in [1.165, 1.54) is 12.1 Å². The van der Waals surface area contributed by atoms with Crippen LogP contribution in [0.1, 0.15) is 24.1 Å². The lowest BCUT2D eigenvalue weighted by Crippen LogP contribution is -2.27. The highest BCUT2D eigenvalue weighted by molar-refractivity contribution is 5.78. The predicted molar refractivity (Wildman–Crippen MR) is 65.2 cm³/mol. The maximum Gasteiger partial charge on any atom is 0.224 e. The van der Waals surface area contributed by atoms with Crippen LogP contribution >= 0.6 is 0 Å². The van der Waals surface area contributed by atoms with Gasteiger partial charge in [0, 0.05) is 11.8 Å². The number of nitrogens with one attached hydrogen (secondary N) is 2. The molecule has 0 radical (unpaired) electrons. The van der Waals surface area contributed by atoms with Gasteiger partial charge in [-0.05, 0) is 24.6 Å². The van der Waals surface area contributed by atoms with Gasteiger partial charge in [0.05, 0.1) is 18.7 Å². The molecule has 18 heavy (non-hydrogen) atoms. The summed E-state index contributed by atoms with van der Waals surface area (Å²) < 4.78 is 12.7. The van der Waals surface area contributed by atoms with Crippen LogP contribution in [0, 0.1) is 5.82 Å². The molecule has 2 rings (SSSR count). The summed E-state index contributed by atoms with van der Waals surface area (Å²) in [6, 6.07) is 5.82. The van der Waals surface area contributed by atoms with Crippen LogP contribution in [0.25, 0.3) is 0 Å². The van der Waals surface area contributed by atoms with E-state index in [2.05, 4.69) is 15.5 Å². The number of nitrogens with zero attached hydrogens (tertiary/aromatic N) is 1. The summed E-state index contributed by atoms with van der Waals surface area (Å²) >= 11 is 0. The number of carbonyl (C=O) groups is 1. The lowest BCUT2D eigenvalue weighted by molar-refractivity contribution is -0.121. The molecule has 94 valence electrons. The molecule has 0 spiro atoms. The molecular weight excluding hydrogens is 233 g/mol. The van der Waals surface area contributed by atoms with Gasteiger partial charge in [0.2, 0.25) is 5.91 Å². The summed E-state index contributed by atoms with van der Waals surface area (Å²) in [7, 11) is 0. The Balaban J connectivity index is 1.91. The van der Waals surface area contributed by atoms with Crippen LogP contribution in [-0.4, -0.2) is 16.1 Å². The third kappa shape index (κ3) is 3.16. The molecule has 0 saturated heterocycles. The minimum Gasteiger partial charge on any atom is -0.349 e. The zero-order valence-electron chi connectivity index (χ0n) is 9.98. The highest BCUT2D eigenvalue weighted by atomic mass is 19.1. The smallest absolute Gasteiger partial charge is 0.224 e. The van der Waals surface area contributed by atoms with Crippen LogP contribution in [-0.2, 0) is 11.2 Å². The molecule has 0 fully saturated rings. The molecule has 0 aliphatic carbocycles. The SMILES string of the molecule is CC(NC(=O)Cc1ccc(F)cc1)c1cn[nH]c1. The number of hydrogen-bond acceptors (Lipinski definition) is 2. The quantitative estimate of drug-likeness (QED) is 0.867. The molecule has 5 heteroatoms. The van der Waals surface area contributed by atoms with Gasteiger partial charge in [-0.2, -0.15) is 5.10 Å². The number of benzene rings is 1. The Morgan fingerprint density at radius 1 is 1.44 bits per heavy atom. The Hall–Kier alpha value is -2.17. The number of H-pyrrole nitrogens is 1. The first kappa shape index (κ1) is 12.3. The van der Waals surface area contributed by atoms with Crippen molar-refractivity contribution in [3.05, 3.63) is 53.6 Å². The maximum atomic E-state index is 12.7. The third-order valence-electron chi connectivity index (χ3n) is 2.67. The van der Waals surface area contributed by atoms with E-state index in [0.717, 1.165) is 11.1 Å². The maximum absolute atomic E-state index is 12.7. The largest absolute Gasteiger partial charge is 0.349 e. The average molecular weight is 247 g/mol. The van der Waals surface area contributed by atoms with E-state index in [0.29, 0.717) is 0 Å². The van der Waals surface area contributed by atoms with Crippen molar-refractivity contribution in [2.45, 2.75) is 19.4 Å². The molecule has 2 N–H and O–H groups in total. The second kappa shape index (κ2) is 5.44. The van der Waals surface area contributed by atoms with Crippen molar-refractivity contribution >= 4 is 5.91 Å². The minimum atomic E-state index is -0.300. The Kier molecular flexibility index (Phi) is 3.72. The molecule has 1 unspecified atom stereocenters. The van der Waals surface area contributed by atoms with E-state index in [9.17, 15) is 9.18 Å². The second-order valence-corrected chi connectivity index (χ2v) is 4.12. The Labute approximate surface area is 104 Å². The Morgan fingerprint density at radius 2 is 2.17 bits per heavy atom. The molecule has 0 aliphatic rings. The molecular formula is C13H14FN3O. The Morgan fingerprint density at radius 3 is 2.78 bits per heavy atom. The van der Waals surface area contributed by atoms with Crippen molar-refractivity contribution in [2.75, 3.05) is 0 Å². The fraction of sp³-hybridized carbons (Fsp3) is 0.231. The van der Waals surface area contributed by atoms with Gasteiger partial charge in [-0.15, -0.1) is 0 Å². The number of amides is 1. The summed E-state index contributed by atoms with van der Waals surface area (Å²) in [5.41, 5.74) is 1.70. The van der Waals surface area contributed by atoms with E-state index in [1.807, 2.05) is 6.92 Å². The van der Waals surface area contributed by atoms with E-state index < -0.39 is 0 Å². The van der Waals surface area contributed by atoms with Gasteiger partial charge < -0.3 is 5.32 Å². The molecule has 0 bridgehead atoms. The number of aromatic amines is 1. The molecule has 1 aromatic carbocycles. The highest BCUT2D eigenvalue weighted by Gasteiger charge is 2.10. The van der Waals surface area contributed by atoms with Gasteiger partial charge in [-0.1, -0.05) is 12.1 Å². The van der Waals surface area contributed by atoms with Crippen LogP contribution in [0.15, 0.2) is 36.7 Å². The molecule has 1 heterocycles. The van der Waals surface area contributed by atoms with Gasteiger partial charge in [-0.25, -0.2) is 4.39 Å². The van der Waals surface area contributed by atoms with Gasteiger partial charge >= 0.3 is 0 Å². The first-order valence-electron chi connectivity index (χ1n) is 5.67. The molecule has 1 atom stereocenters. The normalized spacial score (nSPS) is 12.1. The lowest BCUT2D eigenvalue weighted by Gasteiger charge is -2.11. The zero-order chi connectivity index (χ0) is 13.0. The number of carbonyl (C=O) groups excluding carboxylic acids is 1. The van der Waals surface area contributed by atoms with Crippen LogP contribution in [0.5, 0.6) is 0 Å². The first-order chi connectivity index (χ1) is 8.65. The van der Waals surface area contributed by atoms with E-state index in [4.69, 9.17) is 0 Å². The van der Waals surface area contributed by atoms with Crippen LogP contribution in [0.3, 0.4) is 0 Å². The van der Waals surface area contributed by atoms with Crippen LogP contribution < -0.4 is 5.32 Å². The van der Waals surface area contributed by atoms with Crippen molar-refractivity contribution < 1.29 is 9.18 Å². The topological polar surface area (TPSA) is 57.8 Å². The van der Waals surface area contributed by atoms with Crippen molar-refractivity contribution in [1.82, 2.24) is 15.5 Å². The number of halogens is 1. The van der Waals surface area contributed by atoms with Gasteiger partial charge in [0.25, 0.3) is 0 Å². The summed E-state index contributed by atoms with van der Waals surface area (Å²) in [6.07, 6.45) is 3.65.